The number of rotatable bonds is 8. The van der Waals surface area contributed by atoms with E-state index in [1.807, 2.05) is 31.2 Å². The number of carboxylic acids is 1. The first kappa shape index (κ1) is 24.7. The van der Waals surface area contributed by atoms with Crippen LogP contribution in [0.25, 0.3) is 11.1 Å². The lowest BCUT2D eigenvalue weighted by atomic mass is 9.73. The van der Waals surface area contributed by atoms with Crippen LogP contribution in [0.15, 0.2) is 48.5 Å². The number of ether oxygens (including phenoxy) is 1. The summed E-state index contributed by atoms with van der Waals surface area (Å²) in [4.78, 5) is 36.5. The number of fused-ring (bicyclic) bond motifs is 3. The van der Waals surface area contributed by atoms with Gasteiger partial charge in [0.05, 0.1) is 11.5 Å². The van der Waals surface area contributed by atoms with E-state index in [0.717, 1.165) is 35.1 Å². The molecule has 0 spiro atoms. The summed E-state index contributed by atoms with van der Waals surface area (Å²) in [6.45, 7) is 2.09. The Bertz CT molecular complexity index is 1060. The van der Waals surface area contributed by atoms with Gasteiger partial charge in [0.2, 0.25) is 5.91 Å². The van der Waals surface area contributed by atoms with Crippen LogP contribution < -0.4 is 10.6 Å². The van der Waals surface area contributed by atoms with Crippen molar-refractivity contribution in [2.24, 2.45) is 5.92 Å². The minimum absolute atomic E-state index is 0.0455. The molecular weight excluding hydrogens is 448 g/mol. The van der Waals surface area contributed by atoms with Crippen LogP contribution in [0, 0.1) is 5.92 Å². The molecule has 2 aliphatic rings. The molecule has 4 rings (SSSR count). The van der Waals surface area contributed by atoms with Crippen LogP contribution in [0.2, 0.25) is 0 Å². The highest BCUT2D eigenvalue weighted by molar-refractivity contribution is 5.82. The molecule has 0 radical (unpaired) electrons. The smallest absolute Gasteiger partial charge is 0.407 e. The molecule has 8 nitrogen and oxygen atoms in total. The first-order valence-corrected chi connectivity index (χ1v) is 12.1. The maximum atomic E-state index is 12.9. The summed E-state index contributed by atoms with van der Waals surface area (Å²) < 4.78 is 5.69. The molecule has 2 aromatic rings. The van der Waals surface area contributed by atoms with Crippen LogP contribution in [0.5, 0.6) is 0 Å². The van der Waals surface area contributed by atoms with Crippen molar-refractivity contribution in [2.75, 3.05) is 13.2 Å². The van der Waals surface area contributed by atoms with Crippen LogP contribution in [0.1, 0.15) is 56.1 Å². The molecule has 2 aromatic carbocycles. The quantitative estimate of drug-likeness (QED) is 0.459. The van der Waals surface area contributed by atoms with Gasteiger partial charge >= 0.3 is 12.1 Å². The molecule has 3 atom stereocenters. The van der Waals surface area contributed by atoms with Crippen LogP contribution >= 0.6 is 0 Å². The Hall–Kier alpha value is -3.39. The second-order valence-electron chi connectivity index (χ2n) is 9.60. The molecule has 0 aromatic heterocycles. The zero-order valence-electron chi connectivity index (χ0n) is 19.8. The number of carbonyl (C=O) groups excluding carboxylic acids is 2. The van der Waals surface area contributed by atoms with Crippen molar-refractivity contribution in [3.05, 3.63) is 59.7 Å². The van der Waals surface area contributed by atoms with Gasteiger partial charge in [0.1, 0.15) is 6.61 Å². The largest absolute Gasteiger partial charge is 0.479 e. The monoisotopic (exact) mass is 480 g/mol. The number of amides is 2. The molecule has 2 amide bonds. The number of benzene rings is 2. The lowest BCUT2D eigenvalue weighted by Gasteiger charge is -2.40. The van der Waals surface area contributed by atoms with Crippen LogP contribution in [0.4, 0.5) is 4.79 Å². The van der Waals surface area contributed by atoms with E-state index >= 15 is 0 Å². The number of aliphatic hydroxyl groups is 1. The van der Waals surface area contributed by atoms with E-state index in [1.165, 1.54) is 0 Å². The average Bonchev–Trinajstić information content (AvgIpc) is 3.16. The van der Waals surface area contributed by atoms with E-state index in [1.54, 1.807) is 0 Å². The van der Waals surface area contributed by atoms with E-state index in [9.17, 15) is 19.5 Å². The molecule has 35 heavy (non-hydrogen) atoms. The molecule has 2 unspecified atom stereocenters. The van der Waals surface area contributed by atoms with Crippen molar-refractivity contribution in [1.29, 1.82) is 0 Å². The Balaban J connectivity index is 1.37. The average molecular weight is 481 g/mol. The predicted molar refractivity (Wildman–Crippen MR) is 130 cm³/mol. The highest BCUT2D eigenvalue weighted by Gasteiger charge is 2.42. The Kier molecular flexibility index (Phi) is 7.40. The zero-order valence-corrected chi connectivity index (χ0v) is 19.8. The van der Waals surface area contributed by atoms with Gasteiger partial charge in [-0.25, -0.2) is 9.59 Å². The molecule has 186 valence electrons. The van der Waals surface area contributed by atoms with E-state index in [2.05, 4.69) is 34.9 Å². The summed E-state index contributed by atoms with van der Waals surface area (Å²) >= 11 is 0. The third kappa shape index (κ3) is 5.32. The number of alkyl carbamates (subject to hydrolysis) is 1. The number of aliphatic carboxylic acids is 1. The van der Waals surface area contributed by atoms with Gasteiger partial charge in [-0.3, -0.25) is 4.79 Å². The fourth-order valence-corrected chi connectivity index (χ4v) is 5.35. The third-order valence-corrected chi connectivity index (χ3v) is 7.26. The van der Waals surface area contributed by atoms with Gasteiger partial charge in [0.25, 0.3) is 0 Å². The number of aliphatic hydroxyl groups excluding tert-OH is 1. The van der Waals surface area contributed by atoms with Crippen LogP contribution in [0.3, 0.4) is 0 Å². The molecule has 0 bridgehead atoms. The summed E-state index contributed by atoms with van der Waals surface area (Å²) in [7, 11) is 0. The molecule has 1 fully saturated rings. The SMILES string of the molecule is CC1(NC(=O)OCC2c3ccccc3-c3ccccc32)CCCCC1C(=O)NCC[C@H](O)C(=O)O. The summed E-state index contributed by atoms with van der Waals surface area (Å²) in [5.41, 5.74) is 3.79. The third-order valence-electron chi connectivity index (χ3n) is 7.26. The topological polar surface area (TPSA) is 125 Å². The maximum Gasteiger partial charge on any atom is 0.407 e. The number of hydrogen-bond donors (Lipinski definition) is 4. The van der Waals surface area contributed by atoms with Gasteiger partial charge in [-0.05, 0) is 42.0 Å². The first-order valence-electron chi connectivity index (χ1n) is 12.1. The molecule has 4 N–H and O–H groups in total. The van der Waals surface area contributed by atoms with Crippen molar-refractivity contribution in [1.82, 2.24) is 10.6 Å². The first-order chi connectivity index (χ1) is 16.8. The highest BCUT2D eigenvalue weighted by Crippen LogP contribution is 2.44. The fraction of sp³-hybridized carbons (Fsp3) is 0.444. The van der Waals surface area contributed by atoms with E-state index in [-0.39, 0.29) is 31.4 Å². The van der Waals surface area contributed by atoms with Crippen molar-refractivity contribution in [2.45, 2.75) is 56.6 Å². The van der Waals surface area contributed by atoms with E-state index < -0.39 is 29.6 Å². The van der Waals surface area contributed by atoms with E-state index in [0.29, 0.717) is 12.8 Å². The second-order valence-corrected chi connectivity index (χ2v) is 9.60. The number of carbonyl (C=O) groups is 3. The van der Waals surface area contributed by atoms with Crippen molar-refractivity contribution in [3.63, 3.8) is 0 Å². The molecule has 0 saturated heterocycles. The van der Waals surface area contributed by atoms with Crippen LogP contribution in [-0.4, -0.2) is 53.0 Å². The van der Waals surface area contributed by atoms with Gasteiger partial charge in [-0.1, -0.05) is 61.4 Å². The van der Waals surface area contributed by atoms with Gasteiger partial charge < -0.3 is 25.6 Å². The fourth-order valence-electron chi connectivity index (χ4n) is 5.35. The van der Waals surface area contributed by atoms with Gasteiger partial charge in [-0.2, -0.15) is 0 Å². The Morgan fingerprint density at radius 2 is 1.69 bits per heavy atom. The minimum Gasteiger partial charge on any atom is -0.479 e. The molecule has 8 heteroatoms. The number of carboxylic acid groups (broad SMARTS) is 1. The maximum absolute atomic E-state index is 12.9. The Morgan fingerprint density at radius 3 is 2.31 bits per heavy atom. The van der Waals surface area contributed by atoms with Crippen molar-refractivity contribution >= 4 is 18.0 Å². The Morgan fingerprint density at radius 1 is 1.06 bits per heavy atom. The van der Waals surface area contributed by atoms with Crippen molar-refractivity contribution < 1.29 is 29.3 Å². The van der Waals surface area contributed by atoms with Gasteiger partial charge in [0, 0.05) is 18.9 Å². The van der Waals surface area contributed by atoms with Crippen molar-refractivity contribution in [3.8, 4) is 11.1 Å². The lowest BCUT2D eigenvalue weighted by molar-refractivity contribution is -0.147. The normalized spacial score (nSPS) is 21.9. The summed E-state index contributed by atoms with van der Waals surface area (Å²) in [5.74, 6) is -2.10. The zero-order chi connectivity index (χ0) is 25.0. The number of hydrogen-bond acceptors (Lipinski definition) is 5. The molecule has 0 aliphatic heterocycles. The van der Waals surface area contributed by atoms with Gasteiger partial charge in [-0.15, -0.1) is 0 Å². The lowest BCUT2D eigenvalue weighted by Crippen LogP contribution is -2.57. The molecule has 2 aliphatic carbocycles. The summed E-state index contributed by atoms with van der Waals surface area (Å²) in [6, 6.07) is 16.3. The summed E-state index contributed by atoms with van der Waals surface area (Å²) in [5, 5.41) is 23.9. The number of nitrogens with one attached hydrogen (secondary N) is 2. The molecule has 0 heterocycles. The minimum atomic E-state index is -1.52. The highest BCUT2D eigenvalue weighted by atomic mass is 16.5. The predicted octanol–water partition coefficient (Wildman–Crippen LogP) is 3.43. The van der Waals surface area contributed by atoms with Crippen LogP contribution in [-0.2, 0) is 14.3 Å². The standard InChI is InChI=1S/C27H32N2O6/c1-27(14-7-6-12-22(27)24(31)28-15-13-23(30)25(32)33)29-26(34)35-16-21-19-10-4-2-8-17(19)18-9-3-5-11-20(18)21/h2-5,8-11,21-23,30H,6-7,12-16H2,1H3,(H,28,31)(H,29,34)(H,32,33)/t22?,23-,27?/m0/s1. The van der Waals surface area contributed by atoms with E-state index in [4.69, 9.17) is 9.84 Å². The Labute approximate surface area is 204 Å². The molecular formula is C27H32N2O6. The van der Waals surface area contributed by atoms with Gasteiger partial charge in [0.15, 0.2) is 6.10 Å². The summed E-state index contributed by atoms with van der Waals surface area (Å²) in [6.07, 6.45) is 0.812. The molecule has 1 saturated carbocycles. The second kappa shape index (κ2) is 10.5.